The summed E-state index contributed by atoms with van der Waals surface area (Å²) in [5, 5.41) is 2.87. The first-order chi connectivity index (χ1) is 13.2. The summed E-state index contributed by atoms with van der Waals surface area (Å²) in [6.07, 6.45) is 0. The van der Waals surface area contributed by atoms with E-state index in [0.29, 0.717) is 5.75 Å². The molecular weight excluding hydrogens is 370 g/mol. The summed E-state index contributed by atoms with van der Waals surface area (Å²) in [5.41, 5.74) is 3.26. The van der Waals surface area contributed by atoms with Gasteiger partial charge in [0, 0.05) is 36.6 Å². The number of rotatable bonds is 4. The Hall–Kier alpha value is -2.47. The van der Waals surface area contributed by atoms with E-state index in [0.717, 1.165) is 22.6 Å². The number of nitrogens with one attached hydrogen (secondary N) is 1. The summed E-state index contributed by atoms with van der Waals surface area (Å²) < 4.78 is 0. The Morgan fingerprint density at radius 3 is 2.43 bits per heavy atom. The van der Waals surface area contributed by atoms with Crippen LogP contribution in [0.3, 0.4) is 0 Å². The van der Waals surface area contributed by atoms with Gasteiger partial charge in [0.2, 0.25) is 11.8 Å². The third-order valence-electron chi connectivity index (χ3n) is 4.62. The van der Waals surface area contributed by atoms with Crippen molar-refractivity contribution in [2.24, 2.45) is 5.41 Å². The van der Waals surface area contributed by atoms with Gasteiger partial charge in [0.25, 0.3) is 0 Å². The van der Waals surface area contributed by atoms with Crippen LogP contribution in [0.15, 0.2) is 48.5 Å². The molecule has 1 atom stereocenters. The highest BCUT2D eigenvalue weighted by atomic mass is 32.2. The van der Waals surface area contributed by atoms with Gasteiger partial charge in [0.15, 0.2) is 0 Å². The van der Waals surface area contributed by atoms with Gasteiger partial charge in [-0.3, -0.25) is 14.5 Å². The van der Waals surface area contributed by atoms with E-state index in [1.54, 1.807) is 11.8 Å². The van der Waals surface area contributed by atoms with Gasteiger partial charge in [-0.05, 0) is 42.0 Å². The van der Waals surface area contributed by atoms with Crippen LogP contribution in [0.2, 0.25) is 0 Å². The molecule has 1 saturated heterocycles. The first-order valence-electron chi connectivity index (χ1n) is 9.29. The summed E-state index contributed by atoms with van der Waals surface area (Å²) in [5.74, 6) is 0.506. The zero-order valence-corrected chi connectivity index (χ0v) is 17.8. The monoisotopic (exact) mass is 397 g/mol. The molecule has 2 amide bonds. The molecule has 3 rings (SSSR count). The Kier molecular flexibility index (Phi) is 5.70. The van der Waals surface area contributed by atoms with Gasteiger partial charge in [-0.25, -0.2) is 0 Å². The lowest BCUT2D eigenvalue weighted by atomic mass is 9.95. The van der Waals surface area contributed by atoms with E-state index in [9.17, 15) is 9.59 Å². The molecule has 2 aromatic carbocycles. The summed E-state index contributed by atoms with van der Waals surface area (Å²) in [4.78, 5) is 28.8. The molecule has 0 aliphatic carbocycles. The highest BCUT2D eigenvalue weighted by molar-refractivity contribution is 8.00. The van der Waals surface area contributed by atoms with Crippen LogP contribution in [0.25, 0.3) is 0 Å². The number of benzene rings is 2. The third-order valence-corrected chi connectivity index (χ3v) is 5.84. The minimum Gasteiger partial charge on any atom is -0.378 e. The number of anilines is 3. The lowest BCUT2D eigenvalue weighted by molar-refractivity contribution is -0.123. The van der Waals surface area contributed by atoms with Crippen LogP contribution in [-0.2, 0) is 9.59 Å². The lowest BCUT2D eigenvalue weighted by Gasteiger charge is -2.25. The minimum atomic E-state index is -0.464. The molecule has 5 nitrogen and oxygen atoms in total. The van der Waals surface area contributed by atoms with Crippen molar-refractivity contribution in [3.8, 4) is 0 Å². The fourth-order valence-corrected chi connectivity index (χ4v) is 4.12. The fourth-order valence-electron chi connectivity index (χ4n) is 2.95. The van der Waals surface area contributed by atoms with Gasteiger partial charge < -0.3 is 10.2 Å². The number of amides is 2. The van der Waals surface area contributed by atoms with Gasteiger partial charge in [-0.2, -0.15) is 0 Å². The predicted molar refractivity (Wildman–Crippen MR) is 118 cm³/mol. The molecule has 2 aromatic rings. The molecule has 0 unspecified atom stereocenters. The molecule has 6 heteroatoms. The minimum absolute atomic E-state index is 0.0315. The largest absolute Gasteiger partial charge is 0.378 e. The van der Waals surface area contributed by atoms with E-state index in [1.807, 2.05) is 93.2 Å². The van der Waals surface area contributed by atoms with Crippen molar-refractivity contribution in [1.82, 2.24) is 0 Å². The molecule has 148 valence electrons. The zero-order valence-electron chi connectivity index (χ0n) is 17.0. The Morgan fingerprint density at radius 1 is 1.14 bits per heavy atom. The summed E-state index contributed by atoms with van der Waals surface area (Å²) in [7, 11) is 3.98. The van der Waals surface area contributed by atoms with E-state index in [4.69, 9.17) is 0 Å². The van der Waals surface area contributed by atoms with Crippen LogP contribution in [0.1, 0.15) is 31.7 Å². The average Bonchev–Trinajstić information content (AvgIpc) is 3.02. The van der Waals surface area contributed by atoms with Crippen molar-refractivity contribution in [3.63, 3.8) is 0 Å². The van der Waals surface area contributed by atoms with Crippen molar-refractivity contribution in [3.05, 3.63) is 54.1 Å². The number of nitrogens with zero attached hydrogens (tertiary/aromatic N) is 2. The molecule has 1 fully saturated rings. The lowest BCUT2D eigenvalue weighted by Crippen LogP contribution is -2.28. The number of carbonyl (C=O) groups excluding carboxylic acids is 2. The van der Waals surface area contributed by atoms with E-state index in [-0.39, 0.29) is 17.2 Å². The smallest absolute Gasteiger partial charge is 0.238 e. The zero-order chi connectivity index (χ0) is 20.5. The molecule has 0 spiro atoms. The second kappa shape index (κ2) is 7.87. The first kappa shape index (κ1) is 20.3. The molecule has 1 N–H and O–H groups in total. The molecule has 1 heterocycles. The quantitative estimate of drug-likeness (QED) is 0.824. The predicted octanol–water partition coefficient (Wildman–Crippen LogP) is 4.52. The van der Waals surface area contributed by atoms with Crippen LogP contribution in [0.5, 0.6) is 0 Å². The van der Waals surface area contributed by atoms with Crippen molar-refractivity contribution in [2.75, 3.05) is 35.0 Å². The molecule has 1 aliphatic rings. The van der Waals surface area contributed by atoms with E-state index < -0.39 is 5.41 Å². The number of thioether (sulfide) groups is 1. The average molecular weight is 398 g/mol. The molecule has 0 aromatic heterocycles. The molecule has 0 bridgehead atoms. The Morgan fingerprint density at radius 2 is 1.82 bits per heavy atom. The van der Waals surface area contributed by atoms with Crippen LogP contribution in [0, 0.1) is 5.41 Å². The standard InChI is InChI=1S/C22H27N3O2S/c1-22(2,3)21(27)23-16-8-6-7-15(13-16)20-25(19(26)14-28-20)18-11-9-17(10-12-18)24(4)5/h6-13,20H,14H2,1-5H3,(H,23,27)/t20-/m1/s1. The maximum Gasteiger partial charge on any atom is 0.238 e. The Balaban J connectivity index is 1.86. The third kappa shape index (κ3) is 4.33. The highest BCUT2D eigenvalue weighted by Gasteiger charge is 2.34. The SMILES string of the molecule is CN(C)c1ccc(N2C(=O)CS[C@@H]2c2cccc(NC(=O)C(C)(C)C)c2)cc1. The van der Waals surface area contributed by atoms with Crippen molar-refractivity contribution in [1.29, 1.82) is 0 Å². The van der Waals surface area contributed by atoms with E-state index >= 15 is 0 Å². The number of hydrogen-bond donors (Lipinski definition) is 1. The van der Waals surface area contributed by atoms with Crippen molar-refractivity contribution < 1.29 is 9.59 Å². The van der Waals surface area contributed by atoms with Gasteiger partial charge in [0.1, 0.15) is 5.37 Å². The first-order valence-corrected chi connectivity index (χ1v) is 10.3. The van der Waals surface area contributed by atoms with Crippen molar-refractivity contribution in [2.45, 2.75) is 26.1 Å². The summed E-state index contributed by atoms with van der Waals surface area (Å²) in [6, 6.07) is 15.8. The van der Waals surface area contributed by atoms with Crippen LogP contribution < -0.4 is 15.1 Å². The normalized spacial score (nSPS) is 17.0. The molecular formula is C22H27N3O2S. The Labute approximate surface area is 171 Å². The molecule has 0 radical (unpaired) electrons. The fraction of sp³-hybridized carbons (Fsp3) is 0.364. The van der Waals surface area contributed by atoms with E-state index in [1.165, 1.54) is 0 Å². The van der Waals surface area contributed by atoms with Gasteiger partial charge in [0.05, 0.1) is 5.75 Å². The van der Waals surface area contributed by atoms with Gasteiger partial charge in [-0.15, -0.1) is 11.8 Å². The second-order valence-electron chi connectivity index (χ2n) is 8.17. The topological polar surface area (TPSA) is 52.6 Å². The molecule has 28 heavy (non-hydrogen) atoms. The Bertz CT molecular complexity index is 872. The van der Waals surface area contributed by atoms with Crippen LogP contribution in [-0.4, -0.2) is 31.7 Å². The highest BCUT2D eigenvalue weighted by Crippen LogP contribution is 2.42. The number of carbonyl (C=O) groups is 2. The van der Waals surface area contributed by atoms with E-state index in [2.05, 4.69) is 5.32 Å². The van der Waals surface area contributed by atoms with Crippen LogP contribution >= 0.6 is 11.8 Å². The van der Waals surface area contributed by atoms with Crippen LogP contribution in [0.4, 0.5) is 17.1 Å². The van der Waals surface area contributed by atoms with Gasteiger partial charge in [-0.1, -0.05) is 32.9 Å². The maximum absolute atomic E-state index is 12.6. The van der Waals surface area contributed by atoms with Crippen molar-refractivity contribution >= 4 is 40.6 Å². The number of hydrogen-bond acceptors (Lipinski definition) is 4. The maximum atomic E-state index is 12.6. The second-order valence-corrected chi connectivity index (χ2v) is 9.24. The summed E-state index contributed by atoms with van der Waals surface area (Å²) in [6.45, 7) is 5.66. The molecule has 0 saturated carbocycles. The summed E-state index contributed by atoms with van der Waals surface area (Å²) >= 11 is 1.60. The van der Waals surface area contributed by atoms with Gasteiger partial charge >= 0.3 is 0 Å². The molecule has 1 aliphatic heterocycles.